The minimum Gasteiger partial charge on any atom is -0.323 e. The molecule has 2 heteroatoms. The SMILES string of the molecule is C=C[SiH](C)N1CCCC1. The predicted molar refractivity (Wildman–Crippen MR) is 44.0 cm³/mol. The zero-order valence-electron chi connectivity index (χ0n) is 6.14. The third kappa shape index (κ3) is 1.66. The molecule has 1 aliphatic heterocycles. The summed E-state index contributed by atoms with van der Waals surface area (Å²) in [5.74, 6) is 0. The van der Waals surface area contributed by atoms with Crippen molar-refractivity contribution in [2.24, 2.45) is 0 Å². The molecule has 0 amide bonds. The quantitative estimate of drug-likeness (QED) is 0.522. The van der Waals surface area contributed by atoms with E-state index in [-0.39, 0.29) is 0 Å². The standard InChI is InChI=1S/C7H15NSi/c1-3-9(2)8-6-4-5-7-8/h3,9H,1,4-7H2,2H3. The maximum absolute atomic E-state index is 3.83. The summed E-state index contributed by atoms with van der Waals surface area (Å²) < 4.78 is 2.60. The zero-order valence-corrected chi connectivity index (χ0v) is 7.29. The van der Waals surface area contributed by atoms with E-state index in [0.29, 0.717) is 0 Å². The van der Waals surface area contributed by atoms with Crippen LogP contribution in [0.2, 0.25) is 6.55 Å². The number of hydrogen-bond acceptors (Lipinski definition) is 1. The van der Waals surface area contributed by atoms with Crippen LogP contribution >= 0.6 is 0 Å². The van der Waals surface area contributed by atoms with Crippen molar-refractivity contribution in [3.05, 3.63) is 12.3 Å². The largest absolute Gasteiger partial charge is 0.323 e. The topological polar surface area (TPSA) is 3.24 Å². The lowest BCUT2D eigenvalue weighted by Gasteiger charge is -2.18. The smallest absolute Gasteiger partial charge is 0.132 e. The van der Waals surface area contributed by atoms with Crippen LogP contribution in [0.4, 0.5) is 0 Å². The van der Waals surface area contributed by atoms with E-state index in [4.69, 9.17) is 0 Å². The van der Waals surface area contributed by atoms with Crippen molar-refractivity contribution in [3.8, 4) is 0 Å². The van der Waals surface area contributed by atoms with Crippen LogP contribution in [0.3, 0.4) is 0 Å². The first-order valence-electron chi connectivity index (χ1n) is 3.71. The Balaban J connectivity index is 2.32. The fourth-order valence-electron chi connectivity index (χ4n) is 1.30. The molecule has 1 saturated heterocycles. The van der Waals surface area contributed by atoms with Gasteiger partial charge in [0.25, 0.3) is 0 Å². The first-order chi connectivity index (χ1) is 4.34. The zero-order chi connectivity index (χ0) is 6.69. The third-order valence-corrected chi connectivity index (χ3v) is 4.41. The second-order valence-electron chi connectivity index (χ2n) is 2.72. The van der Waals surface area contributed by atoms with E-state index >= 15 is 0 Å². The molecule has 0 spiro atoms. The van der Waals surface area contributed by atoms with E-state index in [1.54, 1.807) is 0 Å². The van der Waals surface area contributed by atoms with Gasteiger partial charge in [0.15, 0.2) is 0 Å². The third-order valence-electron chi connectivity index (χ3n) is 2.06. The minimum absolute atomic E-state index is 0.637. The van der Waals surface area contributed by atoms with Gasteiger partial charge in [-0.2, -0.15) is 0 Å². The highest BCUT2D eigenvalue weighted by Gasteiger charge is 2.15. The van der Waals surface area contributed by atoms with Crippen LogP contribution in [0.15, 0.2) is 12.3 Å². The predicted octanol–water partition coefficient (Wildman–Crippen LogP) is 1.16. The van der Waals surface area contributed by atoms with Crippen molar-refractivity contribution in [1.82, 2.24) is 4.57 Å². The van der Waals surface area contributed by atoms with Crippen molar-refractivity contribution in [2.45, 2.75) is 19.4 Å². The normalized spacial score (nSPS) is 24.1. The molecule has 52 valence electrons. The molecule has 0 aromatic rings. The van der Waals surface area contributed by atoms with Crippen molar-refractivity contribution >= 4 is 8.96 Å². The highest BCUT2D eigenvalue weighted by molar-refractivity contribution is 6.59. The number of nitrogens with zero attached hydrogens (tertiary/aromatic N) is 1. The number of hydrogen-bond donors (Lipinski definition) is 0. The van der Waals surface area contributed by atoms with Crippen molar-refractivity contribution in [1.29, 1.82) is 0 Å². The van der Waals surface area contributed by atoms with Crippen LogP contribution in [-0.4, -0.2) is 26.6 Å². The molecule has 0 N–H and O–H groups in total. The Labute approximate surface area is 59.1 Å². The Kier molecular flexibility index (Phi) is 2.48. The van der Waals surface area contributed by atoms with Gasteiger partial charge in [-0.15, -0.1) is 6.58 Å². The van der Waals surface area contributed by atoms with E-state index in [2.05, 4.69) is 23.4 Å². The Hall–Kier alpha value is -0.0831. The molecule has 1 unspecified atom stereocenters. The van der Waals surface area contributed by atoms with Gasteiger partial charge in [-0.05, 0) is 25.9 Å². The molecule has 1 aliphatic rings. The molecule has 9 heavy (non-hydrogen) atoms. The van der Waals surface area contributed by atoms with Crippen LogP contribution in [-0.2, 0) is 0 Å². The summed E-state index contributed by atoms with van der Waals surface area (Å²) in [7, 11) is -0.637. The molecule has 0 aromatic heterocycles. The lowest BCUT2D eigenvalue weighted by molar-refractivity contribution is 0.544. The van der Waals surface area contributed by atoms with E-state index in [1.807, 2.05) is 0 Å². The van der Waals surface area contributed by atoms with Gasteiger partial charge >= 0.3 is 0 Å². The van der Waals surface area contributed by atoms with Gasteiger partial charge in [0, 0.05) is 0 Å². The summed E-state index contributed by atoms with van der Waals surface area (Å²) >= 11 is 0. The first-order valence-corrected chi connectivity index (χ1v) is 6.05. The van der Waals surface area contributed by atoms with Gasteiger partial charge in [0.1, 0.15) is 8.96 Å². The van der Waals surface area contributed by atoms with Gasteiger partial charge in [0.05, 0.1) is 0 Å². The van der Waals surface area contributed by atoms with Crippen molar-refractivity contribution in [3.63, 3.8) is 0 Å². The number of rotatable bonds is 2. The Morgan fingerprint density at radius 1 is 1.44 bits per heavy atom. The van der Waals surface area contributed by atoms with Gasteiger partial charge in [-0.1, -0.05) is 12.2 Å². The maximum Gasteiger partial charge on any atom is 0.132 e. The van der Waals surface area contributed by atoms with E-state index in [1.165, 1.54) is 25.9 Å². The van der Waals surface area contributed by atoms with E-state index < -0.39 is 8.96 Å². The second kappa shape index (κ2) is 3.18. The average Bonchev–Trinajstić information content (AvgIpc) is 2.37. The van der Waals surface area contributed by atoms with Gasteiger partial charge in [-0.25, -0.2) is 0 Å². The Morgan fingerprint density at radius 3 is 2.44 bits per heavy atom. The lowest BCUT2D eigenvalue weighted by atomic mass is 10.4. The molecule has 1 fully saturated rings. The van der Waals surface area contributed by atoms with Crippen LogP contribution in [0.1, 0.15) is 12.8 Å². The first kappa shape index (κ1) is 7.03. The fourth-order valence-corrected chi connectivity index (χ4v) is 2.78. The Morgan fingerprint density at radius 2 is 2.00 bits per heavy atom. The molecular weight excluding hydrogens is 126 g/mol. The molecule has 0 saturated carbocycles. The summed E-state index contributed by atoms with van der Waals surface area (Å²) in [6.45, 7) is 8.84. The van der Waals surface area contributed by atoms with Crippen LogP contribution in [0.5, 0.6) is 0 Å². The van der Waals surface area contributed by atoms with Crippen LogP contribution < -0.4 is 0 Å². The molecule has 1 nitrogen and oxygen atoms in total. The molecule has 0 bridgehead atoms. The lowest BCUT2D eigenvalue weighted by Crippen LogP contribution is -2.32. The molecule has 0 radical (unpaired) electrons. The Bertz CT molecular complexity index is 97.1. The molecule has 1 rings (SSSR count). The highest BCUT2D eigenvalue weighted by Crippen LogP contribution is 2.09. The summed E-state index contributed by atoms with van der Waals surface area (Å²) in [5, 5.41) is 0. The fraction of sp³-hybridized carbons (Fsp3) is 0.714. The highest BCUT2D eigenvalue weighted by atomic mass is 28.3. The van der Waals surface area contributed by atoms with Gasteiger partial charge < -0.3 is 4.57 Å². The van der Waals surface area contributed by atoms with E-state index in [9.17, 15) is 0 Å². The van der Waals surface area contributed by atoms with E-state index in [0.717, 1.165) is 0 Å². The van der Waals surface area contributed by atoms with Crippen LogP contribution in [0, 0.1) is 0 Å². The minimum atomic E-state index is -0.637. The van der Waals surface area contributed by atoms with Crippen molar-refractivity contribution in [2.75, 3.05) is 13.1 Å². The maximum atomic E-state index is 3.83. The van der Waals surface area contributed by atoms with Gasteiger partial charge in [-0.3, -0.25) is 0 Å². The second-order valence-corrected chi connectivity index (χ2v) is 5.40. The van der Waals surface area contributed by atoms with Gasteiger partial charge in [0.2, 0.25) is 0 Å². The summed E-state index contributed by atoms with van der Waals surface area (Å²) in [6, 6.07) is 0. The molecule has 0 aromatic carbocycles. The molecular formula is C7H15NSi. The molecule has 1 atom stereocenters. The average molecular weight is 141 g/mol. The summed E-state index contributed by atoms with van der Waals surface area (Å²) in [6.07, 6.45) is 2.82. The summed E-state index contributed by atoms with van der Waals surface area (Å²) in [5.41, 5.74) is 2.16. The monoisotopic (exact) mass is 141 g/mol. The molecule has 0 aliphatic carbocycles. The van der Waals surface area contributed by atoms with Crippen LogP contribution in [0.25, 0.3) is 0 Å². The molecule has 1 heterocycles. The summed E-state index contributed by atoms with van der Waals surface area (Å²) in [4.78, 5) is 0. The van der Waals surface area contributed by atoms with Crippen molar-refractivity contribution < 1.29 is 0 Å².